The van der Waals surface area contributed by atoms with Gasteiger partial charge < -0.3 is 15.4 Å². The first kappa shape index (κ1) is 17.2. The van der Waals surface area contributed by atoms with E-state index in [1.54, 1.807) is 7.11 Å². The third-order valence-electron chi connectivity index (χ3n) is 3.61. The number of nitrogens with zero attached hydrogens (tertiary/aromatic N) is 2. The zero-order chi connectivity index (χ0) is 17.6. The summed E-state index contributed by atoms with van der Waals surface area (Å²) in [4.78, 5) is 8.99. The molecule has 0 radical (unpaired) electrons. The van der Waals surface area contributed by atoms with E-state index in [2.05, 4.69) is 36.5 Å². The van der Waals surface area contributed by atoms with Gasteiger partial charge in [-0.15, -0.1) is 0 Å². The molecule has 0 spiro atoms. The van der Waals surface area contributed by atoms with Gasteiger partial charge in [0.15, 0.2) is 0 Å². The third-order valence-corrected chi connectivity index (χ3v) is 4.30. The van der Waals surface area contributed by atoms with Crippen molar-refractivity contribution in [2.24, 2.45) is 0 Å². The van der Waals surface area contributed by atoms with E-state index in [-0.39, 0.29) is 0 Å². The maximum Gasteiger partial charge on any atom is 0.229 e. The lowest BCUT2D eigenvalue weighted by Crippen LogP contribution is -2.05. The number of hydrogen-bond donors (Lipinski definition) is 2. The molecule has 0 atom stereocenters. The van der Waals surface area contributed by atoms with Crippen molar-refractivity contribution in [1.82, 2.24) is 9.97 Å². The molecule has 5 nitrogen and oxygen atoms in total. The zero-order valence-corrected chi connectivity index (χ0v) is 15.7. The van der Waals surface area contributed by atoms with Crippen molar-refractivity contribution in [3.8, 4) is 5.75 Å². The van der Waals surface area contributed by atoms with E-state index in [9.17, 15) is 0 Å². The van der Waals surface area contributed by atoms with Gasteiger partial charge in [0, 0.05) is 22.8 Å². The van der Waals surface area contributed by atoms with Crippen molar-refractivity contribution in [3.63, 3.8) is 0 Å². The minimum atomic E-state index is 0.559. The molecular formula is C19H19BrN4O. The minimum absolute atomic E-state index is 0.559. The predicted octanol–water partition coefficient (Wildman–Crippen LogP) is 4.91. The Labute approximate surface area is 155 Å². The van der Waals surface area contributed by atoms with Crippen LogP contribution in [0.15, 0.2) is 59.1 Å². The molecule has 0 aliphatic carbocycles. The van der Waals surface area contributed by atoms with Crippen LogP contribution in [0.4, 0.5) is 17.5 Å². The van der Waals surface area contributed by atoms with Gasteiger partial charge in [-0.25, -0.2) is 4.98 Å². The summed E-state index contributed by atoms with van der Waals surface area (Å²) in [7, 11) is 1.66. The smallest absolute Gasteiger partial charge is 0.229 e. The van der Waals surface area contributed by atoms with Crippen molar-refractivity contribution in [3.05, 3.63) is 70.3 Å². The second-order valence-corrected chi connectivity index (χ2v) is 6.38. The van der Waals surface area contributed by atoms with Gasteiger partial charge in [0.2, 0.25) is 5.95 Å². The summed E-state index contributed by atoms with van der Waals surface area (Å²) in [6, 6.07) is 17.8. The molecule has 0 amide bonds. The number of ether oxygens (including phenoxy) is 1. The van der Waals surface area contributed by atoms with Gasteiger partial charge in [-0.05, 0) is 52.7 Å². The average Bonchev–Trinajstić information content (AvgIpc) is 2.62. The number of hydrogen-bond acceptors (Lipinski definition) is 5. The lowest BCUT2D eigenvalue weighted by atomic mass is 10.2. The van der Waals surface area contributed by atoms with Gasteiger partial charge in [-0.1, -0.05) is 24.3 Å². The monoisotopic (exact) mass is 398 g/mol. The summed E-state index contributed by atoms with van der Waals surface area (Å²) in [5, 5.41) is 6.58. The van der Waals surface area contributed by atoms with Crippen molar-refractivity contribution in [1.29, 1.82) is 0 Å². The van der Waals surface area contributed by atoms with Gasteiger partial charge in [0.05, 0.1) is 12.8 Å². The summed E-state index contributed by atoms with van der Waals surface area (Å²) < 4.78 is 6.14. The summed E-state index contributed by atoms with van der Waals surface area (Å²) >= 11 is 3.52. The highest BCUT2D eigenvalue weighted by Gasteiger charge is 2.05. The van der Waals surface area contributed by atoms with E-state index in [4.69, 9.17) is 4.74 Å². The molecule has 0 bridgehead atoms. The Morgan fingerprint density at radius 1 is 1.04 bits per heavy atom. The van der Waals surface area contributed by atoms with Gasteiger partial charge in [0.1, 0.15) is 11.6 Å². The highest BCUT2D eigenvalue weighted by Crippen LogP contribution is 2.24. The number of rotatable bonds is 6. The maximum absolute atomic E-state index is 5.18. The normalized spacial score (nSPS) is 10.4. The van der Waals surface area contributed by atoms with Crippen LogP contribution < -0.4 is 15.4 Å². The van der Waals surface area contributed by atoms with Crippen molar-refractivity contribution in [2.75, 3.05) is 17.7 Å². The van der Waals surface area contributed by atoms with E-state index >= 15 is 0 Å². The third kappa shape index (κ3) is 4.70. The Kier molecular flexibility index (Phi) is 5.50. The summed E-state index contributed by atoms with van der Waals surface area (Å²) in [6.45, 7) is 2.63. The summed E-state index contributed by atoms with van der Waals surface area (Å²) in [5.41, 5.74) is 2.97. The van der Waals surface area contributed by atoms with Crippen molar-refractivity contribution in [2.45, 2.75) is 13.5 Å². The molecule has 0 aliphatic rings. The second kappa shape index (κ2) is 7.98. The number of methoxy groups -OCH3 is 1. The van der Waals surface area contributed by atoms with Crippen LogP contribution in [0, 0.1) is 6.92 Å². The average molecular weight is 399 g/mol. The fourth-order valence-corrected chi connectivity index (χ4v) is 2.72. The molecule has 0 saturated carbocycles. The number of halogens is 1. The van der Waals surface area contributed by atoms with E-state index < -0.39 is 0 Å². The Morgan fingerprint density at radius 3 is 2.52 bits per heavy atom. The number of aryl methyl sites for hydroxylation is 1. The first-order valence-corrected chi connectivity index (χ1v) is 8.67. The van der Waals surface area contributed by atoms with Crippen LogP contribution in [0.25, 0.3) is 0 Å². The first-order valence-electron chi connectivity index (χ1n) is 7.88. The molecule has 3 rings (SSSR count). The molecule has 1 aromatic heterocycles. The quantitative estimate of drug-likeness (QED) is 0.617. The number of benzene rings is 2. The van der Waals surface area contributed by atoms with Gasteiger partial charge in [0.25, 0.3) is 0 Å². The molecule has 2 aromatic carbocycles. The first-order chi connectivity index (χ1) is 12.1. The van der Waals surface area contributed by atoms with Gasteiger partial charge >= 0.3 is 0 Å². The fraction of sp³-hybridized carbons (Fsp3) is 0.158. The van der Waals surface area contributed by atoms with Crippen LogP contribution in [0.5, 0.6) is 5.75 Å². The van der Waals surface area contributed by atoms with Crippen LogP contribution in [0.1, 0.15) is 11.3 Å². The molecule has 0 saturated heterocycles. The number of para-hydroxylation sites is 1. The topological polar surface area (TPSA) is 59.1 Å². The maximum atomic E-state index is 5.18. The van der Waals surface area contributed by atoms with Gasteiger partial charge in [-0.2, -0.15) is 4.98 Å². The number of aromatic nitrogens is 2. The summed E-state index contributed by atoms with van der Waals surface area (Å²) in [6.07, 6.45) is 0. The summed E-state index contributed by atoms with van der Waals surface area (Å²) in [5.74, 6) is 2.18. The SMILES string of the molecule is COc1ccc(CNc2cc(C)nc(Nc3ccccc3Br)n2)cc1. The Balaban J connectivity index is 1.71. The predicted molar refractivity (Wildman–Crippen MR) is 105 cm³/mol. The Morgan fingerprint density at radius 2 is 1.80 bits per heavy atom. The molecule has 2 N–H and O–H groups in total. The van der Waals surface area contributed by atoms with E-state index in [1.807, 2.05) is 61.5 Å². The van der Waals surface area contributed by atoms with E-state index in [0.29, 0.717) is 12.5 Å². The standard InChI is InChI=1S/C19H19BrN4O/c1-13-11-18(21-12-14-7-9-15(25-2)10-8-14)24-19(22-13)23-17-6-4-3-5-16(17)20/h3-11H,12H2,1-2H3,(H2,21,22,23,24). The fourth-order valence-electron chi connectivity index (χ4n) is 2.33. The molecule has 0 aliphatic heterocycles. The van der Waals surface area contributed by atoms with Crippen molar-refractivity contribution < 1.29 is 4.74 Å². The Bertz CT molecular complexity index is 852. The van der Waals surface area contributed by atoms with Crippen LogP contribution >= 0.6 is 15.9 Å². The van der Waals surface area contributed by atoms with Crippen LogP contribution in [-0.4, -0.2) is 17.1 Å². The second-order valence-electron chi connectivity index (χ2n) is 5.52. The molecule has 128 valence electrons. The van der Waals surface area contributed by atoms with E-state index in [0.717, 1.165) is 33.0 Å². The molecule has 6 heteroatoms. The highest BCUT2D eigenvalue weighted by atomic mass is 79.9. The largest absolute Gasteiger partial charge is 0.497 e. The van der Waals surface area contributed by atoms with Gasteiger partial charge in [-0.3, -0.25) is 0 Å². The van der Waals surface area contributed by atoms with Crippen LogP contribution in [0.3, 0.4) is 0 Å². The number of anilines is 3. The highest BCUT2D eigenvalue weighted by molar-refractivity contribution is 9.10. The van der Waals surface area contributed by atoms with Crippen molar-refractivity contribution >= 4 is 33.4 Å². The lowest BCUT2D eigenvalue weighted by Gasteiger charge is -2.11. The van der Waals surface area contributed by atoms with E-state index in [1.165, 1.54) is 0 Å². The van der Waals surface area contributed by atoms with Crippen LogP contribution in [-0.2, 0) is 6.54 Å². The number of nitrogens with one attached hydrogen (secondary N) is 2. The molecule has 1 heterocycles. The molecular weight excluding hydrogens is 380 g/mol. The molecule has 25 heavy (non-hydrogen) atoms. The molecule has 0 unspecified atom stereocenters. The molecule has 3 aromatic rings. The molecule has 0 fully saturated rings. The zero-order valence-electron chi connectivity index (χ0n) is 14.1. The minimum Gasteiger partial charge on any atom is -0.497 e. The van der Waals surface area contributed by atoms with Crippen LogP contribution in [0.2, 0.25) is 0 Å². The Hall–Kier alpha value is -2.60. The lowest BCUT2D eigenvalue weighted by molar-refractivity contribution is 0.414.